The SMILES string of the molecule is CCOC(=O)CC(c1ccccc1)N1CC(=O)N(c2ccccc2)c2ccc(CCCCCNC(=O)OC(C)(C)C)cc2C1=O. The Bertz CT molecular complexity index is 1470. The summed E-state index contributed by atoms with van der Waals surface area (Å²) in [7, 11) is 0. The molecule has 4 rings (SSSR count). The molecular weight excluding hydrogens is 570 g/mol. The molecule has 1 unspecified atom stereocenters. The van der Waals surface area contributed by atoms with E-state index in [1.165, 1.54) is 4.90 Å². The first kappa shape index (κ1) is 33.2. The Morgan fingerprint density at radius 1 is 0.911 bits per heavy atom. The summed E-state index contributed by atoms with van der Waals surface area (Å²) in [5.74, 6) is -1.03. The summed E-state index contributed by atoms with van der Waals surface area (Å²) in [6, 6.07) is 23.5. The molecule has 0 fully saturated rings. The second kappa shape index (κ2) is 15.4. The number of esters is 1. The van der Waals surface area contributed by atoms with Crippen molar-refractivity contribution < 1.29 is 28.7 Å². The van der Waals surface area contributed by atoms with Gasteiger partial charge in [-0.25, -0.2) is 4.79 Å². The maximum atomic E-state index is 14.4. The van der Waals surface area contributed by atoms with Gasteiger partial charge in [0.2, 0.25) is 0 Å². The van der Waals surface area contributed by atoms with Crippen molar-refractivity contribution in [3.8, 4) is 0 Å². The lowest BCUT2D eigenvalue weighted by atomic mass is 9.99. The fraction of sp³-hybridized carbons (Fsp3) is 0.389. The normalized spacial score (nSPS) is 14.0. The maximum Gasteiger partial charge on any atom is 0.407 e. The Kier molecular flexibility index (Phi) is 11.4. The van der Waals surface area contributed by atoms with Gasteiger partial charge >= 0.3 is 12.1 Å². The third kappa shape index (κ3) is 9.17. The minimum Gasteiger partial charge on any atom is -0.466 e. The van der Waals surface area contributed by atoms with Gasteiger partial charge in [0, 0.05) is 12.2 Å². The number of anilines is 2. The molecule has 9 heteroatoms. The van der Waals surface area contributed by atoms with Gasteiger partial charge in [0.25, 0.3) is 11.8 Å². The molecule has 1 aliphatic heterocycles. The van der Waals surface area contributed by atoms with Crippen LogP contribution >= 0.6 is 0 Å². The van der Waals surface area contributed by atoms with Gasteiger partial charge in [-0.2, -0.15) is 0 Å². The number of aryl methyl sites for hydroxylation is 1. The van der Waals surface area contributed by atoms with E-state index in [1.807, 2.05) is 99.6 Å². The molecule has 0 saturated carbocycles. The van der Waals surface area contributed by atoms with Crippen molar-refractivity contribution in [1.29, 1.82) is 0 Å². The summed E-state index contributed by atoms with van der Waals surface area (Å²) in [6.07, 6.45) is 2.73. The van der Waals surface area contributed by atoms with Crippen molar-refractivity contribution in [1.82, 2.24) is 10.2 Å². The van der Waals surface area contributed by atoms with Crippen LogP contribution in [0.25, 0.3) is 0 Å². The predicted molar refractivity (Wildman–Crippen MR) is 173 cm³/mol. The van der Waals surface area contributed by atoms with Gasteiger partial charge < -0.3 is 19.7 Å². The van der Waals surface area contributed by atoms with Crippen LogP contribution in [0, 0.1) is 0 Å². The van der Waals surface area contributed by atoms with Crippen LogP contribution in [0.15, 0.2) is 78.9 Å². The van der Waals surface area contributed by atoms with Crippen molar-refractivity contribution in [2.24, 2.45) is 0 Å². The van der Waals surface area contributed by atoms with E-state index in [0.29, 0.717) is 23.5 Å². The lowest BCUT2D eigenvalue weighted by Gasteiger charge is -2.30. The molecule has 3 aromatic rings. The molecular formula is C36H43N3O6. The molecule has 45 heavy (non-hydrogen) atoms. The quantitative estimate of drug-likeness (QED) is 0.179. The first-order valence-corrected chi connectivity index (χ1v) is 15.6. The molecule has 3 amide bonds. The second-order valence-corrected chi connectivity index (χ2v) is 12.0. The number of carbonyl (C=O) groups is 4. The van der Waals surface area contributed by atoms with E-state index < -0.39 is 23.7 Å². The summed E-state index contributed by atoms with van der Waals surface area (Å²) in [4.78, 5) is 56.0. The van der Waals surface area contributed by atoms with Gasteiger partial charge in [0.15, 0.2) is 0 Å². The number of alkyl carbamates (subject to hydrolysis) is 1. The number of hydrogen-bond donors (Lipinski definition) is 1. The number of para-hydroxylation sites is 1. The van der Waals surface area contributed by atoms with E-state index >= 15 is 0 Å². The van der Waals surface area contributed by atoms with Crippen LogP contribution in [0.1, 0.15) is 80.9 Å². The maximum absolute atomic E-state index is 14.4. The van der Waals surface area contributed by atoms with Crippen LogP contribution in [0.4, 0.5) is 16.2 Å². The minimum atomic E-state index is -0.689. The van der Waals surface area contributed by atoms with Crippen molar-refractivity contribution in [3.05, 3.63) is 95.6 Å². The van der Waals surface area contributed by atoms with E-state index in [4.69, 9.17) is 9.47 Å². The summed E-state index contributed by atoms with van der Waals surface area (Å²) in [5, 5.41) is 2.78. The first-order valence-electron chi connectivity index (χ1n) is 15.6. The number of nitrogens with one attached hydrogen (secondary N) is 1. The average Bonchev–Trinajstić information content (AvgIpc) is 3.11. The lowest BCUT2D eigenvalue weighted by Crippen LogP contribution is -2.41. The Hall–Kier alpha value is -4.66. The Labute approximate surface area is 265 Å². The average molecular weight is 614 g/mol. The smallest absolute Gasteiger partial charge is 0.407 e. The van der Waals surface area contributed by atoms with E-state index in [-0.39, 0.29) is 31.4 Å². The van der Waals surface area contributed by atoms with E-state index in [2.05, 4.69) is 5.32 Å². The van der Waals surface area contributed by atoms with Crippen LogP contribution in [0.2, 0.25) is 0 Å². The van der Waals surface area contributed by atoms with E-state index in [9.17, 15) is 19.2 Å². The number of nitrogens with zero attached hydrogens (tertiary/aromatic N) is 2. The number of amides is 3. The summed E-state index contributed by atoms with van der Waals surface area (Å²) >= 11 is 0. The largest absolute Gasteiger partial charge is 0.466 e. The number of benzene rings is 3. The van der Waals surface area contributed by atoms with Crippen LogP contribution in [0.3, 0.4) is 0 Å². The molecule has 0 radical (unpaired) electrons. The number of fused-ring (bicyclic) bond motifs is 1. The van der Waals surface area contributed by atoms with Gasteiger partial charge in [-0.05, 0) is 82.3 Å². The number of hydrogen-bond acceptors (Lipinski definition) is 6. The van der Waals surface area contributed by atoms with E-state index in [0.717, 1.165) is 36.8 Å². The summed E-state index contributed by atoms with van der Waals surface area (Å²) in [5.41, 5.74) is 2.74. The fourth-order valence-electron chi connectivity index (χ4n) is 5.39. The molecule has 1 atom stereocenters. The van der Waals surface area contributed by atoms with Gasteiger partial charge in [0.05, 0.1) is 30.3 Å². The number of carbonyl (C=O) groups excluding carboxylic acids is 4. The molecule has 1 aliphatic rings. The van der Waals surface area contributed by atoms with Gasteiger partial charge in [0.1, 0.15) is 12.1 Å². The molecule has 1 N–H and O–H groups in total. The monoisotopic (exact) mass is 613 g/mol. The van der Waals surface area contributed by atoms with Crippen molar-refractivity contribution in [2.45, 2.75) is 71.4 Å². The molecule has 0 aliphatic carbocycles. The van der Waals surface area contributed by atoms with Crippen LogP contribution in [-0.4, -0.2) is 54.1 Å². The van der Waals surface area contributed by atoms with Gasteiger partial charge in [-0.1, -0.05) is 61.0 Å². The molecule has 0 saturated heterocycles. The minimum absolute atomic E-state index is 0.0748. The molecule has 0 bridgehead atoms. The molecule has 0 aromatic heterocycles. The third-order valence-electron chi connectivity index (χ3n) is 7.40. The Balaban J connectivity index is 1.59. The Morgan fingerprint density at radius 3 is 2.27 bits per heavy atom. The van der Waals surface area contributed by atoms with Crippen molar-refractivity contribution >= 4 is 35.3 Å². The zero-order valence-electron chi connectivity index (χ0n) is 26.6. The Morgan fingerprint density at radius 2 is 1.60 bits per heavy atom. The van der Waals surface area contributed by atoms with Gasteiger partial charge in [-0.3, -0.25) is 19.3 Å². The molecule has 1 heterocycles. The zero-order valence-corrected chi connectivity index (χ0v) is 26.6. The van der Waals surface area contributed by atoms with Crippen LogP contribution < -0.4 is 10.2 Å². The number of unbranched alkanes of at least 4 members (excludes halogenated alkanes) is 2. The lowest BCUT2D eigenvalue weighted by molar-refractivity contribution is -0.144. The fourth-order valence-corrected chi connectivity index (χ4v) is 5.39. The predicted octanol–water partition coefficient (Wildman–Crippen LogP) is 6.74. The highest BCUT2D eigenvalue weighted by atomic mass is 16.6. The standard InChI is InChI=1S/C36H43N3O6/c1-5-44-33(41)24-31(27-16-10-6-11-17-27)38-25-32(40)39(28-18-12-7-13-19-28)30-21-20-26(23-29(30)34(38)42)15-9-8-14-22-37-35(43)45-36(2,3)4/h6-7,10-13,16-21,23,31H,5,8-9,14-15,22,24-25H2,1-4H3,(H,37,43). The topological polar surface area (TPSA) is 105 Å². The molecule has 238 valence electrons. The second-order valence-electron chi connectivity index (χ2n) is 12.0. The highest BCUT2D eigenvalue weighted by Crippen LogP contribution is 2.37. The third-order valence-corrected chi connectivity index (χ3v) is 7.40. The van der Waals surface area contributed by atoms with Crippen LogP contribution in [0.5, 0.6) is 0 Å². The van der Waals surface area contributed by atoms with Gasteiger partial charge in [-0.15, -0.1) is 0 Å². The van der Waals surface area contributed by atoms with Crippen molar-refractivity contribution in [3.63, 3.8) is 0 Å². The number of ether oxygens (including phenoxy) is 2. The molecule has 0 spiro atoms. The summed E-state index contributed by atoms with van der Waals surface area (Å²) < 4.78 is 10.5. The molecule has 9 nitrogen and oxygen atoms in total. The van der Waals surface area contributed by atoms with Crippen molar-refractivity contribution in [2.75, 3.05) is 24.6 Å². The highest BCUT2D eigenvalue weighted by molar-refractivity contribution is 6.13. The highest BCUT2D eigenvalue weighted by Gasteiger charge is 2.37. The summed E-state index contributed by atoms with van der Waals surface area (Å²) in [6.45, 7) is 7.75. The number of rotatable bonds is 12. The molecule has 3 aromatic carbocycles. The van der Waals surface area contributed by atoms with Crippen LogP contribution in [-0.2, 0) is 25.5 Å². The van der Waals surface area contributed by atoms with E-state index in [1.54, 1.807) is 11.8 Å². The first-order chi connectivity index (χ1) is 21.6. The zero-order chi connectivity index (χ0) is 32.4.